The average molecular weight is 753 g/mol. The maximum Gasteiger partial charge on any atom is 0.411 e. The minimum absolute atomic E-state index is 0.0226. The number of hydrogen-bond acceptors (Lipinski definition) is 9. The van der Waals surface area contributed by atoms with Gasteiger partial charge in [-0.1, -0.05) is 40.3 Å². The summed E-state index contributed by atoms with van der Waals surface area (Å²) >= 11 is 0. The molecule has 2 saturated heterocycles. The highest BCUT2D eigenvalue weighted by Crippen LogP contribution is 2.38. The second-order valence-electron chi connectivity index (χ2n) is 15.4. The molecule has 53 heavy (non-hydrogen) atoms. The molecule has 2 fully saturated rings. The molecule has 0 aliphatic carbocycles. The molecular formula is C40H60N4O8Si. The van der Waals surface area contributed by atoms with E-state index in [0.29, 0.717) is 66.8 Å². The quantitative estimate of drug-likeness (QED) is 0.0760. The summed E-state index contributed by atoms with van der Waals surface area (Å²) in [5.41, 5.74) is 8.65. The molecule has 292 valence electrons. The monoisotopic (exact) mass is 752 g/mol. The van der Waals surface area contributed by atoms with Gasteiger partial charge in [0.05, 0.1) is 49.8 Å². The normalized spacial score (nSPS) is 17.4. The Morgan fingerprint density at radius 1 is 0.943 bits per heavy atom. The molecule has 4 rings (SSSR count). The van der Waals surface area contributed by atoms with Gasteiger partial charge in [-0.15, -0.1) is 0 Å². The molecule has 0 saturated carbocycles. The van der Waals surface area contributed by atoms with Crippen molar-refractivity contribution in [2.75, 3.05) is 57.7 Å². The van der Waals surface area contributed by atoms with Gasteiger partial charge in [-0.3, -0.25) is 14.9 Å². The van der Waals surface area contributed by atoms with Crippen LogP contribution >= 0.6 is 0 Å². The van der Waals surface area contributed by atoms with E-state index in [-0.39, 0.29) is 47.8 Å². The summed E-state index contributed by atoms with van der Waals surface area (Å²) in [5.74, 6) is 1.04. The number of nitrogens with zero attached hydrogens (tertiary/aromatic N) is 2. The van der Waals surface area contributed by atoms with Crippen LogP contribution in [-0.4, -0.2) is 94.7 Å². The van der Waals surface area contributed by atoms with Crippen molar-refractivity contribution in [1.29, 1.82) is 0 Å². The first-order valence-electron chi connectivity index (χ1n) is 18.8. The molecule has 2 aromatic carbocycles. The first-order valence-corrected chi connectivity index (χ1v) is 21.7. The molecule has 2 heterocycles. The van der Waals surface area contributed by atoms with E-state index in [1.807, 2.05) is 16.7 Å². The number of carbonyl (C=O) groups is 3. The average Bonchev–Trinajstić information content (AvgIpc) is 3.80. The zero-order chi connectivity index (χ0) is 38.9. The number of nitrogens with one attached hydrogen (secondary N) is 1. The summed E-state index contributed by atoms with van der Waals surface area (Å²) < 4.78 is 29.4. The van der Waals surface area contributed by atoms with Gasteiger partial charge in [0.15, 0.2) is 19.8 Å². The van der Waals surface area contributed by atoms with Crippen molar-refractivity contribution >= 4 is 37.6 Å². The Bertz CT molecular complexity index is 1620. The van der Waals surface area contributed by atoms with Crippen LogP contribution in [0.4, 0.5) is 16.2 Å². The van der Waals surface area contributed by atoms with Gasteiger partial charge in [-0.2, -0.15) is 0 Å². The largest absolute Gasteiger partial charge is 0.493 e. The Kier molecular flexibility index (Phi) is 14.3. The third-order valence-corrected chi connectivity index (χ3v) is 15.2. The minimum atomic E-state index is -1.94. The number of nitrogens with two attached hydrogens (primary N) is 1. The Morgan fingerprint density at radius 2 is 1.57 bits per heavy atom. The lowest BCUT2D eigenvalue weighted by atomic mass is 10.1. The number of benzene rings is 2. The van der Waals surface area contributed by atoms with Crippen molar-refractivity contribution in [2.45, 2.75) is 103 Å². The van der Waals surface area contributed by atoms with E-state index in [1.54, 1.807) is 24.3 Å². The van der Waals surface area contributed by atoms with Gasteiger partial charge in [-0.25, -0.2) is 4.79 Å². The SMILES string of the molecule is C=CCOC(=O)Nc1cc(OCCCOc2cc(N)c(C(=O)N3CCC[C@H]3CO[Si](C)(C)C(C)(C)C)cc2C)c(OC)cc1C(=O)N1CCC[C@H]1CC. The van der Waals surface area contributed by atoms with Crippen molar-refractivity contribution < 1.29 is 37.8 Å². The highest BCUT2D eigenvalue weighted by molar-refractivity contribution is 6.74. The maximum atomic E-state index is 13.7. The molecule has 2 aliphatic rings. The van der Waals surface area contributed by atoms with Gasteiger partial charge in [0.1, 0.15) is 12.4 Å². The van der Waals surface area contributed by atoms with Gasteiger partial charge in [-0.05, 0) is 74.9 Å². The van der Waals surface area contributed by atoms with Crippen LogP contribution < -0.4 is 25.3 Å². The summed E-state index contributed by atoms with van der Waals surface area (Å²) in [6.07, 6.45) is 5.81. The fourth-order valence-corrected chi connectivity index (χ4v) is 7.54. The molecule has 0 spiro atoms. The van der Waals surface area contributed by atoms with E-state index in [2.05, 4.69) is 52.7 Å². The number of nitrogen functional groups attached to an aromatic ring is 1. The Morgan fingerprint density at radius 3 is 2.19 bits per heavy atom. The minimum Gasteiger partial charge on any atom is -0.493 e. The van der Waals surface area contributed by atoms with Crippen LogP contribution in [0.2, 0.25) is 18.1 Å². The fourth-order valence-electron chi connectivity index (χ4n) is 6.50. The molecule has 0 aromatic heterocycles. The third kappa shape index (κ3) is 10.3. The van der Waals surface area contributed by atoms with E-state index in [4.69, 9.17) is 29.1 Å². The lowest BCUT2D eigenvalue weighted by Gasteiger charge is -2.38. The standard InChI is InChI=1S/C40H60N4O8Si/c1-10-19-51-39(47)42-33-25-36(35(48-7)23-31(33)38(46)43-17-12-15-28(43)11-2)50-21-14-20-49-34-24-32(41)30(22-27(34)3)37(45)44-18-13-16-29(44)26-52-53(8,9)40(4,5)6/h10,22-25,28-29H,1,11-21,26,41H2,2-9H3,(H,42,47)/t28-,29+/m1/s1. The summed E-state index contributed by atoms with van der Waals surface area (Å²) in [7, 11) is -0.441. The van der Waals surface area contributed by atoms with Crippen LogP contribution in [0.15, 0.2) is 36.9 Å². The lowest BCUT2D eigenvalue weighted by Crippen LogP contribution is -2.46. The number of ether oxygens (including phenoxy) is 4. The molecule has 2 aromatic rings. The predicted octanol–water partition coefficient (Wildman–Crippen LogP) is 7.81. The predicted molar refractivity (Wildman–Crippen MR) is 211 cm³/mol. The van der Waals surface area contributed by atoms with E-state index >= 15 is 0 Å². The Hall–Kier alpha value is -4.23. The second-order valence-corrected chi connectivity index (χ2v) is 20.2. The molecule has 0 bridgehead atoms. The number of aryl methyl sites for hydroxylation is 1. The molecule has 12 nitrogen and oxygen atoms in total. The van der Waals surface area contributed by atoms with Crippen LogP contribution in [0.3, 0.4) is 0 Å². The lowest BCUT2D eigenvalue weighted by molar-refractivity contribution is 0.0684. The van der Waals surface area contributed by atoms with E-state index in [1.165, 1.54) is 13.2 Å². The number of rotatable bonds is 16. The first kappa shape index (κ1) is 41.5. The summed E-state index contributed by atoms with van der Waals surface area (Å²) in [5, 5.41) is 2.79. The van der Waals surface area contributed by atoms with Gasteiger partial charge in [0.2, 0.25) is 0 Å². The fraction of sp³-hybridized carbons (Fsp3) is 0.575. The van der Waals surface area contributed by atoms with Crippen LogP contribution in [0, 0.1) is 6.92 Å². The van der Waals surface area contributed by atoms with Crippen molar-refractivity contribution in [1.82, 2.24) is 9.80 Å². The number of anilines is 2. The smallest absolute Gasteiger partial charge is 0.411 e. The first-order chi connectivity index (χ1) is 25.1. The number of carbonyl (C=O) groups excluding carboxylic acids is 3. The molecule has 0 unspecified atom stereocenters. The van der Waals surface area contributed by atoms with Crippen molar-refractivity contribution in [2.24, 2.45) is 0 Å². The van der Waals surface area contributed by atoms with Gasteiger partial charge >= 0.3 is 6.09 Å². The number of methoxy groups -OCH3 is 1. The van der Waals surface area contributed by atoms with Gasteiger partial charge < -0.3 is 38.9 Å². The van der Waals surface area contributed by atoms with Crippen LogP contribution in [0.5, 0.6) is 17.2 Å². The van der Waals surface area contributed by atoms with Gasteiger partial charge in [0.25, 0.3) is 11.8 Å². The van der Waals surface area contributed by atoms with E-state index in [0.717, 1.165) is 37.7 Å². The third-order valence-electron chi connectivity index (χ3n) is 10.7. The topological polar surface area (TPSA) is 142 Å². The van der Waals surface area contributed by atoms with Crippen LogP contribution in [-0.2, 0) is 9.16 Å². The zero-order valence-corrected chi connectivity index (χ0v) is 34.0. The highest BCUT2D eigenvalue weighted by Gasteiger charge is 2.39. The highest BCUT2D eigenvalue weighted by atomic mass is 28.4. The molecule has 3 N–H and O–H groups in total. The van der Waals surface area contributed by atoms with Gasteiger partial charge in [0, 0.05) is 43.4 Å². The number of likely N-dealkylation sites (tertiary alicyclic amines) is 2. The van der Waals surface area contributed by atoms with E-state index in [9.17, 15) is 14.4 Å². The molecule has 3 amide bonds. The molecular weight excluding hydrogens is 693 g/mol. The van der Waals surface area contributed by atoms with Crippen LogP contribution in [0.25, 0.3) is 0 Å². The Labute approximate surface area is 316 Å². The molecule has 13 heteroatoms. The zero-order valence-electron chi connectivity index (χ0n) is 33.0. The van der Waals surface area contributed by atoms with Crippen molar-refractivity contribution in [3.8, 4) is 17.2 Å². The summed E-state index contributed by atoms with van der Waals surface area (Å²) in [6, 6.07) is 6.87. The maximum absolute atomic E-state index is 13.7. The number of amides is 3. The Balaban J connectivity index is 1.39. The van der Waals surface area contributed by atoms with Crippen molar-refractivity contribution in [3.05, 3.63) is 53.6 Å². The van der Waals surface area contributed by atoms with Crippen LogP contribution in [0.1, 0.15) is 92.5 Å². The molecule has 0 radical (unpaired) electrons. The molecule has 2 atom stereocenters. The van der Waals surface area contributed by atoms with Crippen molar-refractivity contribution in [3.63, 3.8) is 0 Å². The van der Waals surface area contributed by atoms with E-state index < -0.39 is 14.4 Å². The molecule has 2 aliphatic heterocycles. The summed E-state index contributed by atoms with van der Waals surface area (Å²) in [6.45, 7) is 21.1. The number of hydrogen-bond donors (Lipinski definition) is 2. The summed E-state index contributed by atoms with van der Waals surface area (Å²) in [4.78, 5) is 43.7. The second kappa shape index (κ2) is 18.2.